The Labute approximate surface area is 163 Å². The van der Waals surface area contributed by atoms with Crippen LogP contribution in [0.2, 0.25) is 0 Å². The predicted molar refractivity (Wildman–Crippen MR) is 99.4 cm³/mol. The van der Waals surface area contributed by atoms with E-state index in [4.69, 9.17) is 9.15 Å². The molecule has 0 bridgehead atoms. The van der Waals surface area contributed by atoms with Crippen LogP contribution in [0.4, 0.5) is 4.39 Å². The first-order valence-corrected chi connectivity index (χ1v) is 8.78. The molecular weight excluding hydrogens is 415 g/mol. The first-order valence-electron chi connectivity index (χ1n) is 7.99. The van der Waals surface area contributed by atoms with Crippen LogP contribution in [-0.4, -0.2) is 5.91 Å². The van der Waals surface area contributed by atoms with Crippen molar-refractivity contribution in [3.8, 4) is 11.8 Å². The summed E-state index contributed by atoms with van der Waals surface area (Å²) < 4.78 is 25.8. The minimum Gasteiger partial charge on any atom is -0.486 e. The molecule has 1 heterocycles. The second-order valence-electron chi connectivity index (χ2n) is 5.57. The Balaban J connectivity index is 1.63. The summed E-state index contributed by atoms with van der Waals surface area (Å²) in [6, 6.07) is 16.9. The maximum atomic E-state index is 13.8. The third-order valence-electron chi connectivity index (χ3n) is 3.70. The summed E-state index contributed by atoms with van der Waals surface area (Å²) in [6.45, 7) is 0.143. The number of furan rings is 1. The molecule has 1 unspecified atom stereocenters. The Kier molecular flexibility index (Phi) is 5.89. The number of rotatable bonds is 6. The molecule has 2 aromatic carbocycles. The highest BCUT2D eigenvalue weighted by molar-refractivity contribution is 9.10. The minimum atomic E-state index is -1.12. The normalized spacial score (nSPS) is 11.4. The number of halogens is 2. The molecule has 0 radical (unpaired) electrons. The number of ether oxygens (including phenoxy) is 1. The van der Waals surface area contributed by atoms with E-state index in [9.17, 15) is 14.4 Å². The summed E-state index contributed by atoms with van der Waals surface area (Å²) >= 11 is 3.34. The molecule has 0 fully saturated rings. The number of nitriles is 1. The standard InChI is InChI=1S/C20H14BrFN2O3/c21-13-5-7-14(8-6-13)26-12-15-9-10-19(27-15)20(25)24-18(11-23)16-3-1-2-4-17(16)22/h1-10,18H,12H2,(H,24,25). The molecule has 0 spiro atoms. The third-order valence-corrected chi connectivity index (χ3v) is 4.23. The lowest BCUT2D eigenvalue weighted by Crippen LogP contribution is -2.27. The van der Waals surface area contributed by atoms with Crippen molar-refractivity contribution in [3.05, 3.63) is 88.0 Å². The molecule has 0 saturated heterocycles. The van der Waals surface area contributed by atoms with E-state index in [-0.39, 0.29) is 17.9 Å². The van der Waals surface area contributed by atoms with Crippen molar-refractivity contribution in [2.24, 2.45) is 0 Å². The second-order valence-corrected chi connectivity index (χ2v) is 6.48. The molecule has 5 nitrogen and oxygen atoms in total. The summed E-state index contributed by atoms with van der Waals surface area (Å²) in [5.74, 6) is -0.0553. The first kappa shape index (κ1) is 18.7. The molecule has 1 atom stereocenters. The fourth-order valence-corrected chi connectivity index (χ4v) is 2.62. The smallest absolute Gasteiger partial charge is 0.288 e. The molecule has 3 aromatic rings. The molecule has 0 aliphatic rings. The zero-order chi connectivity index (χ0) is 19.2. The van der Waals surface area contributed by atoms with Gasteiger partial charge in [0.25, 0.3) is 5.91 Å². The Morgan fingerprint density at radius 3 is 2.63 bits per heavy atom. The highest BCUT2D eigenvalue weighted by Gasteiger charge is 2.20. The average Bonchev–Trinajstić information content (AvgIpc) is 3.15. The highest BCUT2D eigenvalue weighted by atomic mass is 79.9. The van der Waals surface area contributed by atoms with E-state index in [2.05, 4.69) is 21.2 Å². The number of nitrogens with one attached hydrogen (secondary N) is 1. The van der Waals surface area contributed by atoms with E-state index in [1.165, 1.54) is 24.3 Å². The van der Waals surface area contributed by atoms with Gasteiger partial charge in [-0.25, -0.2) is 4.39 Å². The lowest BCUT2D eigenvalue weighted by atomic mass is 10.1. The summed E-state index contributed by atoms with van der Waals surface area (Å²) in [7, 11) is 0. The van der Waals surface area contributed by atoms with Crippen molar-refractivity contribution >= 4 is 21.8 Å². The highest BCUT2D eigenvalue weighted by Crippen LogP contribution is 2.19. The predicted octanol–water partition coefficient (Wildman–Crippen LogP) is 4.75. The maximum absolute atomic E-state index is 13.8. The van der Waals surface area contributed by atoms with Gasteiger partial charge in [-0.15, -0.1) is 0 Å². The van der Waals surface area contributed by atoms with Gasteiger partial charge in [0.05, 0.1) is 6.07 Å². The van der Waals surface area contributed by atoms with E-state index in [1.807, 2.05) is 18.2 Å². The van der Waals surface area contributed by atoms with Gasteiger partial charge < -0.3 is 14.5 Å². The average molecular weight is 429 g/mol. The van der Waals surface area contributed by atoms with Gasteiger partial charge in [0.2, 0.25) is 0 Å². The van der Waals surface area contributed by atoms with E-state index in [1.54, 1.807) is 24.3 Å². The van der Waals surface area contributed by atoms with E-state index in [0.717, 1.165) is 4.47 Å². The molecule has 1 N–H and O–H groups in total. The molecule has 1 amide bonds. The van der Waals surface area contributed by atoms with Crippen molar-refractivity contribution in [1.29, 1.82) is 5.26 Å². The second kappa shape index (κ2) is 8.52. The lowest BCUT2D eigenvalue weighted by molar-refractivity contribution is 0.0912. The summed E-state index contributed by atoms with van der Waals surface area (Å²) in [5, 5.41) is 11.7. The van der Waals surface area contributed by atoms with E-state index >= 15 is 0 Å². The van der Waals surface area contributed by atoms with Crippen LogP contribution in [0, 0.1) is 17.1 Å². The van der Waals surface area contributed by atoms with Crippen LogP contribution < -0.4 is 10.1 Å². The number of hydrogen-bond acceptors (Lipinski definition) is 4. The topological polar surface area (TPSA) is 75.3 Å². The summed E-state index contributed by atoms with van der Waals surface area (Å²) in [5.41, 5.74) is 0.0960. The molecule has 0 saturated carbocycles. The first-order chi connectivity index (χ1) is 13.1. The fraction of sp³-hybridized carbons (Fsp3) is 0.100. The molecule has 3 rings (SSSR count). The fourth-order valence-electron chi connectivity index (χ4n) is 2.35. The number of benzene rings is 2. The molecule has 1 aromatic heterocycles. The SMILES string of the molecule is N#CC(NC(=O)c1ccc(COc2ccc(Br)cc2)o1)c1ccccc1F. The molecule has 7 heteroatoms. The number of hydrogen-bond donors (Lipinski definition) is 1. The van der Waals surface area contributed by atoms with Gasteiger partial charge in [0.1, 0.15) is 30.0 Å². The number of carbonyl (C=O) groups excluding carboxylic acids is 1. The summed E-state index contributed by atoms with van der Waals surface area (Å²) in [6.07, 6.45) is 0. The zero-order valence-electron chi connectivity index (χ0n) is 14.0. The van der Waals surface area contributed by atoms with Crippen molar-refractivity contribution in [1.82, 2.24) is 5.32 Å². The molecule has 0 aliphatic carbocycles. The third kappa shape index (κ3) is 4.74. The van der Waals surface area contributed by atoms with Gasteiger partial charge >= 0.3 is 0 Å². The van der Waals surface area contributed by atoms with Gasteiger partial charge in [0, 0.05) is 10.0 Å². The number of nitrogens with zero attached hydrogens (tertiary/aromatic N) is 1. The molecule has 27 heavy (non-hydrogen) atoms. The van der Waals surface area contributed by atoms with Crippen LogP contribution >= 0.6 is 15.9 Å². The number of amides is 1. The van der Waals surface area contributed by atoms with Crippen molar-refractivity contribution < 1.29 is 18.3 Å². The van der Waals surface area contributed by atoms with Crippen LogP contribution in [0.25, 0.3) is 0 Å². The van der Waals surface area contributed by atoms with Gasteiger partial charge in [-0.1, -0.05) is 34.1 Å². The minimum absolute atomic E-state index is 0.0148. The van der Waals surface area contributed by atoms with Crippen LogP contribution in [0.15, 0.2) is 69.6 Å². The number of carbonyl (C=O) groups is 1. The Morgan fingerprint density at radius 2 is 1.93 bits per heavy atom. The largest absolute Gasteiger partial charge is 0.486 e. The molecule has 136 valence electrons. The van der Waals surface area contributed by atoms with Crippen molar-refractivity contribution in [2.45, 2.75) is 12.6 Å². The van der Waals surface area contributed by atoms with Crippen LogP contribution in [-0.2, 0) is 6.61 Å². The zero-order valence-corrected chi connectivity index (χ0v) is 15.6. The monoisotopic (exact) mass is 428 g/mol. The van der Waals surface area contributed by atoms with Crippen LogP contribution in [0.3, 0.4) is 0 Å². The Morgan fingerprint density at radius 1 is 1.19 bits per heavy atom. The molecule has 0 aliphatic heterocycles. The van der Waals surface area contributed by atoms with Gasteiger partial charge in [0.15, 0.2) is 5.76 Å². The van der Waals surface area contributed by atoms with E-state index < -0.39 is 17.8 Å². The molecular formula is C20H14BrFN2O3. The summed E-state index contributed by atoms with van der Waals surface area (Å²) in [4.78, 5) is 12.3. The quantitative estimate of drug-likeness (QED) is 0.614. The van der Waals surface area contributed by atoms with Crippen LogP contribution in [0.1, 0.15) is 27.9 Å². The Hall–Kier alpha value is -3.11. The van der Waals surface area contributed by atoms with Crippen molar-refractivity contribution in [2.75, 3.05) is 0 Å². The van der Waals surface area contributed by atoms with E-state index in [0.29, 0.717) is 11.5 Å². The van der Waals surface area contributed by atoms with Gasteiger partial charge in [-0.2, -0.15) is 5.26 Å². The maximum Gasteiger partial charge on any atom is 0.288 e. The Bertz CT molecular complexity index is 979. The van der Waals surface area contributed by atoms with Crippen molar-refractivity contribution in [3.63, 3.8) is 0 Å². The van der Waals surface area contributed by atoms with Gasteiger partial charge in [-0.05, 0) is 42.5 Å². The lowest BCUT2D eigenvalue weighted by Gasteiger charge is -2.11. The van der Waals surface area contributed by atoms with Crippen LogP contribution in [0.5, 0.6) is 5.75 Å². The van der Waals surface area contributed by atoms with Gasteiger partial charge in [-0.3, -0.25) is 4.79 Å².